The predicted molar refractivity (Wildman–Crippen MR) is 81.5 cm³/mol. The highest BCUT2D eigenvalue weighted by molar-refractivity contribution is 5.80. The Hall–Kier alpha value is -2.31. The first-order valence-corrected chi connectivity index (χ1v) is 7.16. The Kier molecular flexibility index (Phi) is 4.97. The molecular formula is C14H21N5O2. The second-order valence-corrected chi connectivity index (χ2v) is 4.68. The number of nitrogens with zero attached hydrogens (tertiary/aromatic N) is 3. The Balaban J connectivity index is 2.24. The number of anilines is 2. The summed E-state index contributed by atoms with van der Waals surface area (Å²) in [6.45, 7) is 6.80. The molecule has 0 amide bonds. The maximum Gasteiger partial charge on any atom is 0.328 e. The maximum atomic E-state index is 11.7. The fourth-order valence-electron chi connectivity index (χ4n) is 1.90. The molecule has 0 aliphatic heterocycles. The van der Waals surface area contributed by atoms with Gasteiger partial charge in [0.25, 0.3) is 0 Å². The maximum absolute atomic E-state index is 11.7. The Labute approximate surface area is 123 Å². The Morgan fingerprint density at radius 2 is 2.29 bits per heavy atom. The zero-order valence-corrected chi connectivity index (χ0v) is 12.6. The van der Waals surface area contributed by atoms with E-state index in [1.54, 1.807) is 20.0 Å². The summed E-state index contributed by atoms with van der Waals surface area (Å²) in [4.78, 5) is 20.5. The summed E-state index contributed by atoms with van der Waals surface area (Å²) in [6.07, 6.45) is 6.42. The third kappa shape index (κ3) is 3.62. The van der Waals surface area contributed by atoms with Gasteiger partial charge in [-0.25, -0.2) is 14.8 Å². The van der Waals surface area contributed by atoms with Crippen LogP contribution in [0.2, 0.25) is 0 Å². The van der Waals surface area contributed by atoms with Crippen molar-refractivity contribution in [2.75, 3.05) is 23.8 Å². The second-order valence-electron chi connectivity index (χ2n) is 4.68. The van der Waals surface area contributed by atoms with Crippen LogP contribution in [0.25, 0.3) is 5.65 Å². The van der Waals surface area contributed by atoms with E-state index in [0.29, 0.717) is 18.1 Å². The van der Waals surface area contributed by atoms with Crippen molar-refractivity contribution in [3.05, 3.63) is 18.6 Å². The van der Waals surface area contributed by atoms with Gasteiger partial charge in [-0.1, -0.05) is 6.92 Å². The van der Waals surface area contributed by atoms with E-state index in [4.69, 9.17) is 4.74 Å². The smallest absolute Gasteiger partial charge is 0.328 e. The van der Waals surface area contributed by atoms with Crippen LogP contribution in [0.15, 0.2) is 18.6 Å². The van der Waals surface area contributed by atoms with E-state index in [9.17, 15) is 4.79 Å². The lowest BCUT2D eigenvalue weighted by Gasteiger charge is -2.15. The van der Waals surface area contributed by atoms with Crippen molar-refractivity contribution in [2.24, 2.45) is 0 Å². The van der Waals surface area contributed by atoms with Gasteiger partial charge in [0.2, 0.25) is 0 Å². The van der Waals surface area contributed by atoms with Gasteiger partial charge in [0, 0.05) is 18.9 Å². The predicted octanol–water partition coefficient (Wildman–Crippen LogP) is 1.91. The highest BCUT2D eigenvalue weighted by atomic mass is 16.5. The molecule has 0 saturated carbocycles. The third-order valence-corrected chi connectivity index (χ3v) is 2.92. The van der Waals surface area contributed by atoms with Crippen molar-refractivity contribution in [3.63, 3.8) is 0 Å². The van der Waals surface area contributed by atoms with Gasteiger partial charge < -0.3 is 19.8 Å². The molecule has 1 atom stereocenters. The molecule has 0 bridgehead atoms. The van der Waals surface area contributed by atoms with Crippen LogP contribution in [-0.4, -0.2) is 39.5 Å². The summed E-state index contributed by atoms with van der Waals surface area (Å²) < 4.78 is 6.86. The zero-order chi connectivity index (χ0) is 15.2. The number of rotatable bonds is 7. The minimum absolute atomic E-state index is 0.309. The summed E-state index contributed by atoms with van der Waals surface area (Å²) in [6, 6.07) is -0.487. The monoisotopic (exact) mass is 291 g/mol. The number of carbonyl (C=O) groups excluding carboxylic acids is 1. The van der Waals surface area contributed by atoms with Crippen LogP contribution in [0, 0.1) is 0 Å². The van der Waals surface area contributed by atoms with Gasteiger partial charge in [-0.3, -0.25) is 0 Å². The zero-order valence-electron chi connectivity index (χ0n) is 12.6. The minimum atomic E-state index is -0.487. The molecule has 7 nitrogen and oxygen atoms in total. The van der Waals surface area contributed by atoms with Crippen molar-refractivity contribution in [2.45, 2.75) is 33.2 Å². The first-order valence-electron chi connectivity index (χ1n) is 7.16. The molecule has 2 N–H and O–H groups in total. The quantitative estimate of drug-likeness (QED) is 0.759. The van der Waals surface area contributed by atoms with Crippen LogP contribution in [0.4, 0.5) is 11.6 Å². The number of esters is 1. The molecule has 2 aromatic heterocycles. The topological polar surface area (TPSA) is 80.5 Å². The largest absolute Gasteiger partial charge is 0.464 e. The SMILES string of the molecule is CCCNc1cn2ccnc2c(NC(C)C(=O)OCC)n1. The molecule has 0 aliphatic carbocycles. The van der Waals surface area contributed by atoms with Gasteiger partial charge in [-0.2, -0.15) is 0 Å². The van der Waals surface area contributed by atoms with Crippen LogP contribution in [0.5, 0.6) is 0 Å². The van der Waals surface area contributed by atoms with Gasteiger partial charge in [0.1, 0.15) is 11.9 Å². The lowest BCUT2D eigenvalue weighted by atomic mass is 10.3. The molecule has 0 aliphatic rings. The number of aromatic nitrogens is 3. The van der Waals surface area contributed by atoms with Crippen LogP contribution < -0.4 is 10.6 Å². The van der Waals surface area contributed by atoms with E-state index in [1.807, 2.05) is 16.8 Å². The molecule has 2 rings (SSSR count). The molecule has 114 valence electrons. The van der Waals surface area contributed by atoms with E-state index in [1.165, 1.54) is 0 Å². The molecule has 21 heavy (non-hydrogen) atoms. The molecule has 0 aromatic carbocycles. The van der Waals surface area contributed by atoms with Crippen molar-refractivity contribution in [3.8, 4) is 0 Å². The minimum Gasteiger partial charge on any atom is -0.464 e. The number of carbonyl (C=O) groups is 1. The highest BCUT2D eigenvalue weighted by Gasteiger charge is 2.17. The Morgan fingerprint density at radius 3 is 3.00 bits per heavy atom. The van der Waals surface area contributed by atoms with Gasteiger partial charge in [0.05, 0.1) is 12.8 Å². The molecule has 0 radical (unpaired) electrons. The van der Waals surface area contributed by atoms with Crippen LogP contribution >= 0.6 is 0 Å². The fourth-order valence-corrected chi connectivity index (χ4v) is 1.90. The first kappa shape index (κ1) is 15.1. The van der Waals surface area contributed by atoms with E-state index < -0.39 is 6.04 Å². The molecule has 0 saturated heterocycles. The molecule has 7 heteroatoms. The average molecular weight is 291 g/mol. The fraction of sp³-hybridized carbons (Fsp3) is 0.500. The molecule has 2 aromatic rings. The van der Waals surface area contributed by atoms with Crippen molar-refractivity contribution >= 4 is 23.3 Å². The van der Waals surface area contributed by atoms with E-state index in [2.05, 4.69) is 27.5 Å². The second kappa shape index (κ2) is 6.92. The molecular weight excluding hydrogens is 270 g/mol. The summed E-state index contributed by atoms with van der Waals surface area (Å²) in [5.74, 6) is 0.985. The number of fused-ring (bicyclic) bond motifs is 1. The van der Waals surface area contributed by atoms with Crippen LogP contribution in [0.3, 0.4) is 0 Å². The summed E-state index contributed by atoms with van der Waals surface area (Å²) in [5.41, 5.74) is 0.674. The first-order chi connectivity index (χ1) is 10.2. The standard InChI is InChI=1S/C14H21N5O2/c1-4-6-15-11-9-19-8-7-16-13(19)12(18-11)17-10(3)14(20)21-5-2/h7-10,15H,4-6H2,1-3H3,(H,17,18). The highest BCUT2D eigenvalue weighted by Crippen LogP contribution is 2.17. The van der Waals surface area contributed by atoms with Gasteiger partial charge in [-0.05, 0) is 20.3 Å². The average Bonchev–Trinajstić information content (AvgIpc) is 2.93. The van der Waals surface area contributed by atoms with E-state index in [-0.39, 0.29) is 5.97 Å². The lowest BCUT2D eigenvalue weighted by molar-refractivity contribution is -0.143. The van der Waals surface area contributed by atoms with E-state index in [0.717, 1.165) is 18.8 Å². The molecule has 0 spiro atoms. The Morgan fingerprint density at radius 1 is 1.48 bits per heavy atom. The number of hydrogen-bond acceptors (Lipinski definition) is 6. The van der Waals surface area contributed by atoms with Crippen molar-refractivity contribution < 1.29 is 9.53 Å². The number of hydrogen-bond donors (Lipinski definition) is 2. The van der Waals surface area contributed by atoms with Crippen LogP contribution in [-0.2, 0) is 9.53 Å². The van der Waals surface area contributed by atoms with E-state index >= 15 is 0 Å². The summed E-state index contributed by atoms with van der Waals surface area (Å²) in [7, 11) is 0. The molecule has 2 heterocycles. The van der Waals surface area contributed by atoms with Gasteiger partial charge >= 0.3 is 5.97 Å². The number of nitrogens with one attached hydrogen (secondary N) is 2. The number of imidazole rings is 1. The van der Waals surface area contributed by atoms with Crippen LogP contribution in [0.1, 0.15) is 27.2 Å². The van der Waals surface area contributed by atoms with Gasteiger partial charge in [0.15, 0.2) is 11.5 Å². The third-order valence-electron chi connectivity index (χ3n) is 2.92. The molecule has 0 fully saturated rings. The summed E-state index contributed by atoms with van der Waals surface area (Å²) in [5, 5.41) is 6.29. The lowest BCUT2D eigenvalue weighted by Crippen LogP contribution is -2.29. The van der Waals surface area contributed by atoms with Crippen molar-refractivity contribution in [1.82, 2.24) is 14.4 Å². The number of ether oxygens (including phenoxy) is 1. The normalized spacial score (nSPS) is 12.1. The Bertz CT molecular complexity index is 610. The van der Waals surface area contributed by atoms with Gasteiger partial charge in [-0.15, -0.1) is 0 Å². The summed E-state index contributed by atoms with van der Waals surface area (Å²) >= 11 is 0. The van der Waals surface area contributed by atoms with Crippen molar-refractivity contribution in [1.29, 1.82) is 0 Å². The molecule has 1 unspecified atom stereocenters.